The van der Waals surface area contributed by atoms with Crippen LogP contribution < -0.4 is 0 Å². The quantitative estimate of drug-likeness (QED) is 0.794. The van der Waals surface area contributed by atoms with Crippen LogP contribution in [0.2, 0.25) is 0 Å². The van der Waals surface area contributed by atoms with Crippen LogP contribution in [0, 0.1) is 19.7 Å². The van der Waals surface area contributed by atoms with Gasteiger partial charge in [-0.2, -0.15) is 0 Å². The summed E-state index contributed by atoms with van der Waals surface area (Å²) in [6.07, 6.45) is 0.223. The van der Waals surface area contributed by atoms with Gasteiger partial charge in [-0.05, 0) is 37.6 Å². The summed E-state index contributed by atoms with van der Waals surface area (Å²) in [6.45, 7) is 3.57. The van der Waals surface area contributed by atoms with Gasteiger partial charge in [0.2, 0.25) is 0 Å². The molecule has 0 saturated heterocycles. The van der Waals surface area contributed by atoms with Crippen LogP contribution in [-0.4, -0.2) is 5.78 Å². The van der Waals surface area contributed by atoms with Gasteiger partial charge in [0.25, 0.3) is 0 Å². The van der Waals surface area contributed by atoms with Crippen molar-refractivity contribution in [1.29, 1.82) is 0 Å². The largest absolute Gasteiger partial charge is 0.466 e. The molecule has 0 unspecified atom stereocenters. The standard InChI is InChI=1S/C14H12BrFO2/c1-8-5-12(9(2)18-8)14(17)6-10-3-4-11(16)7-13(10)15/h3-5,7H,6H2,1-2H3. The predicted molar refractivity (Wildman–Crippen MR) is 70.3 cm³/mol. The Kier molecular flexibility index (Phi) is 3.66. The Hall–Kier alpha value is -1.42. The van der Waals surface area contributed by atoms with Gasteiger partial charge < -0.3 is 4.42 Å². The Balaban J connectivity index is 2.24. The van der Waals surface area contributed by atoms with Crippen LogP contribution in [-0.2, 0) is 6.42 Å². The SMILES string of the molecule is Cc1cc(C(=O)Cc2ccc(F)cc2Br)c(C)o1. The Morgan fingerprint density at radius 1 is 1.33 bits per heavy atom. The first kappa shape index (κ1) is 13.0. The van der Waals surface area contributed by atoms with Crippen molar-refractivity contribution in [2.75, 3.05) is 0 Å². The molecule has 0 aliphatic heterocycles. The third kappa shape index (κ3) is 2.70. The number of benzene rings is 1. The molecule has 0 aliphatic carbocycles. The maximum absolute atomic E-state index is 12.9. The number of carbonyl (C=O) groups is 1. The number of ketones is 1. The molecule has 0 bridgehead atoms. The highest BCUT2D eigenvalue weighted by molar-refractivity contribution is 9.10. The van der Waals surface area contributed by atoms with Gasteiger partial charge in [0.05, 0.1) is 5.56 Å². The first-order valence-corrected chi connectivity index (χ1v) is 6.31. The molecule has 1 aromatic heterocycles. The fourth-order valence-electron chi connectivity index (χ4n) is 1.84. The fourth-order valence-corrected chi connectivity index (χ4v) is 2.33. The maximum Gasteiger partial charge on any atom is 0.170 e. The van der Waals surface area contributed by atoms with E-state index in [1.165, 1.54) is 12.1 Å². The van der Waals surface area contributed by atoms with Gasteiger partial charge in [-0.25, -0.2) is 4.39 Å². The van der Waals surface area contributed by atoms with Crippen LogP contribution in [0.25, 0.3) is 0 Å². The Morgan fingerprint density at radius 2 is 2.06 bits per heavy atom. The minimum Gasteiger partial charge on any atom is -0.466 e. The van der Waals surface area contributed by atoms with E-state index in [2.05, 4.69) is 15.9 Å². The monoisotopic (exact) mass is 310 g/mol. The van der Waals surface area contributed by atoms with Gasteiger partial charge >= 0.3 is 0 Å². The number of carbonyl (C=O) groups excluding carboxylic acids is 1. The van der Waals surface area contributed by atoms with Gasteiger partial charge in [0.15, 0.2) is 5.78 Å². The van der Waals surface area contributed by atoms with Crippen LogP contribution >= 0.6 is 15.9 Å². The molecule has 2 rings (SSSR count). The molecule has 0 amide bonds. The Morgan fingerprint density at radius 3 is 2.61 bits per heavy atom. The third-order valence-electron chi connectivity index (χ3n) is 2.71. The van der Waals surface area contributed by atoms with E-state index >= 15 is 0 Å². The molecular weight excluding hydrogens is 299 g/mol. The normalized spacial score (nSPS) is 10.7. The highest BCUT2D eigenvalue weighted by Crippen LogP contribution is 2.22. The van der Waals surface area contributed by atoms with Gasteiger partial charge in [0, 0.05) is 10.9 Å². The number of aryl methyl sites for hydroxylation is 2. The molecule has 18 heavy (non-hydrogen) atoms. The van der Waals surface area contributed by atoms with Crippen LogP contribution in [0.5, 0.6) is 0 Å². The smallest absolute Gasteiger partial charge is 0.170 e. The summed E-state index contributed by atoms with van der Waals surface area (Å²) in [5, 5.41) is 0. The molecule has 2 nitrogen and oxygen atoms in total. The van der Waals surface area contributed by atoms with Crippen molar-refractivity contribution < 1.29 is 13.6 Å². The molecule has 0 aliphatic rings. The van der Waals surface area contributed by atoms with Gasteiger partial charge in [-0.3, -0.25) is 4.79 Å². The molecule has 0 N–H and O–H groups in total. The second-order valence-electron chi connectivity index (χ2n) is 4.16. The summed E-state index contributed by atoms with van der Waals surface area (Å²) < 4.78 is 18.9. The molecule has 1 heterocycles. The molecule has 0 atom stereocenters. The van der Waals surface area contributed by atoms with Crippen molar-refractivity contribution in [2.24, 2.45) is 0 Å². The van der Waals surface area contributed by atoms with Crippen LogP contribution in [0.1, 0.15) is 27.4 Å². The van der Waals surface area contributed by atoms with Crippen molar-refractivity contribution in [3.63, 3.8) is 0 Å². The zero-order chi connectivity index (χ0) is 13.3. The van der Waals surface area contributed by atoms with Crippen LogP contribution in [0.4, 0.5) is 4.39 Å². The lowest BCUT2D eigenvalue weighted by atomic mass is 10.0. The fraction of sp³-hybridized carbons (Fsp3) is 0.214. The van der Waals surface area contributed by atoms with Crippen LogP contribution in [0.3, 0.4) is 0 Å². The summed E-state index contributed by atoms with van der Waals surface area (Å²) in [4.78, 5) is 12.1. The molecule has 94 valence electrons. The second-order valence-corrected chi connectivity index (χ2v) is 5.02. The second kappa shape index (κ2) is 5.06. The van der Waals surface area contributed by atoms with E-state index < -0.39 is 0 Å². The highest BCUT2D eigenvalue weighted by Gasteiger charge is 2.15. The zero-order valence-electron chi connectivity index (χ0n) is 10.1. The molecule has 2 aromatic rings. The van der Waals surface area contributed by atoms with Crippen LogP contribution in [0.15, 0.2) is 33.2 Å². The molecule has 4 heteroatoms. The number of hydrogen-bond donors (Lipinski definition) is 0. The van der Waals surface area contributed by atoms with E-state index in [4.69, 9.17) is 4.42 Å². The number of Topliss-reactive ketones (excluding diaryl/α,β-unsaturated/α-hetero) is 1. The van der Waals surface area contributed by atoms with E-state index in [9.17, 15) is 9.18 Å². The molecule has 0 saturated carbocycles. The minimum absolute atomic E-state index is 0.0309. The molecule has 1 aromatic carbocycles. The number of hydrogen-bond acceptors (Lipinski definition) is 2. The Bertz CT molecular complexity index is 602. The lowest BCUT2D eigenvalue weighted by Gasteiger charge is -2.03. The summed E-state index contributed by atoms with van der Waals surface area (Å²) in [6, 6.07) is 6.05. The molecule has 0 radical (unpaired) electrons. The summed E-state index contributed by atoms with van der Waals surface area (Å²) >= 11 is 3.26. The summed E-state index contributed by atoms with van der Waals surface area (Å²) in [5.41, 5.74) is 1.35. The topological polar surface area (TPSA) is 30.2 Å². The van der Waals surface area contributed by atoms with Crippen molar-refractivity contribution in [3.05, 3.63) is 57.2 Å². The number of furan rings is 1. The first-order chi connectivity index (χ1) is 8.47. The van der Waals surface area contributed by atoms with Gasteiger partial charge in [-0.15, -0.1) is 0 Å². The lowest BCUT2D eigenvalue weighted by molar-refractivity contribution is 0.0991. The van der Waals surface area contributed by atoms with E-state index in [1.54, 1.807) is 26.0 Å². The average Bonchev–Trinajstić information content (AvgIpc) is 2.62. The third-order valence-corrected chi connectivity index (χ3v) is 3.45. The van der Waals surface area contributed by atoms with Crippen molar-refractivity contribution in [1.82, 2.24) is 0 Å². The van der Waals surface area contributed by atoms with Crippen molar-refractivity contribution in [3.8, 4) is 0 Å². The number of halogens is 2. The van der Waals surface area contributed by atoms with Gasteiger partial charge in [-0.1, -0.05) is 22.0 Å². The summed E-state index contributed by atoms with van der Waals surface area (Å²) in [7, 11) is 0. The molecule has 0 fully saturated rings. The molecular formula is C14H12BrFO2. The van der Waals surface area contributed by atoms with E-state index in [-0.39, 0.29) is 18.0 Å². The highest BCUT2D eigenvalue weighted by atomic mass is 79.9. The summed E-state index contributed by atoms with van der Waals surface area (Å²) in [5.74, 6) is 0.981. The Labute approximate surface area is 113 Å². The predicted octanol–water partition coefficient (Wildman–Crippen LogP) is 4.22. The lowest BCUT2D eigenvalue weighted by Crippen LogP contribution is -2.04. The van der Waals surface area contributed by atoms with Crippen molar-refractivity contribution >= 4 is 21.7 Å². The number of rotatable bonds is 3. The minimum atomic E-state index is -0.326. The maximum atomic E-state index is 12.9. The van der Waals surface area contributed by atoms with E-state index in [0.29, 0.717) is 21.6 Å². The van der Waals surface area contributed by atoms with Gasteiger partial charge in [0.1, 0.15) is 17.3 Å². The van der Waals surface area contributed by atoms with E-state index in [0.717, 1.165) is 5.56 Å². The van der Waals surface area contributed by atoms with E-state index in [1.807, 2.05) is 0 Å². The average molecular weight is 311 g/mol. The van der Waals surface area contributed by atoms with Crippen molar-refractivity contribution in [2.45, 2.75) is 20.3 Å². The first-order valence-electron chi connectivity index (χ1n) is 5.51. The molecule has 0 spiro atoms. The zero-order valence-corrected chi connectivity index (χ0v) is 11.7.